The second kappa shape index (κ2) is 4.69. The fraction of sp³-hybridized carbons (Fsp3) is 0.111. The Morgan fingerprint density at radius 2 is 2.11 bits per heavy atom. The van der Waals surface area contributed by atoms with Crippen LogP contribution in [0.4, 0.5) is 18.3 Å². The van der Waals surface area contributed by atoms with Crippen molar-refractivity contribution < 1.29 is 18.0 Å². The Hall–Kier alpha value is -2.03. The third kappa shape index (κ3) is 2.80. The number of hydrogen-bond acceptors (Lipinski definition) is 5. The standard InChI is InChI=1S/C9H5F3N4OS/c10-9(11,12)7(17)14-8-16-15-6(18-8)5-2-1-3-13-4-5/h1-4H,(H,14,16,17). The number of alkyl halides is 3. The van der Waals surface area contributed by atoms with E-state index < -0.39 is 12.1 Å². The summed E-state index contributed by atoms with van der Waals surface area (Å²) in [6.45, 7) is 0. The molecule has 0 saturated heterocycles. The molecule has 0 radical (unpaired) electrons. The van der Waals surface area contributed by atoms with Crippen LogP contribution in [0.5, 0.6) is 0 Å². The zero-order valence-corrected chi connectivity index (χ0v) is 9.42. The molecule has 5 nitrogen and oxygen atoms in total. The minimum Gasteiger partial charge on any atom is -0.293 e. The molecule has 94 valence electrons. The summed E-state index contributed by atoms with van der Waals surface area (Å²) in [6.07, 6.45) is -1.90. The van der Waals surface area contributed by atoms with Crippen molar-refractivity contribution in [2.24, 2.45) is 0 Å². The van der Waals surface area contributed by atoms with Gasteiger partial charge >= 0.3 is 12.1 Å². The van der Waals surface area contributed by atoms with E-state index in [4.69, 9.17) is 0 Å². The van der Waals surface area contributed by atoms with Gasteiger partial charge in [-0.2, -0.15) is 13.2 Å². The van der Waals surface area contributed by atoms with Crippen molar-refractivity contribution in [1.29, 1.82) is 0 Å². The van der Waals surface area contributed by atoms with Crippen LogP contribution in [-0.4, -0.2) is 27.3 Å². The van der Waals surface area contributed by atoms with Crippen molar-refractivity contribution in [2.45, 2.75) is 6.18 Å². The number of rotatable bonds is 2. The van der Waals surface area contributed by atoms with Crippen LogP contribution >= 0.6 is 11.3 Å². The highest BCUT2D eigenvalue weighted by Gasteiger charge is 2.39. The molecule has 0 fully saturated rings. The number of nitrogens with zero attached hydrogens (tertiary/aromatic N) is 3. The molecular weight excluding hydrogens is 269 g/mol. The van der Waals surface area contributed by atoms with Crippen molar-refractivity contribution in [3.8, 4) is 10.6 Å². The Bertz CT molecular complexity index is 554. The van der Waals surface area contributed by atoms with Crippen molar-refractivity contribution in [3.05, 3.63) is 24.5 Å². The quantitative estimate of drug-likeness (QED) is 0.910. The van der Waals surface area contributed by atoms with Gasteiger partial charge < -0.3 is 0 Å². The van der Waals surface area contributed by atoms with Crippen LogP contribution in [0.15, 0.2) is 24.5 Å². The first kappa shape index (κ1) is 12.4. The smallest absolute Gasteiger partial charge is 0.293 e. The average Bonchev–Trinajstić information content (AvgIpc) is 2.77. The highest BCUT2D eigenvalue weighted by atomic mass is 32.1. The molecule has 0 spiro atoms. The maximum atomic E-state index is 12.0. The van der Waals surface area contributed by atoms with Gasteiger partial charge in [0.2, 0.25) is 5.13 Å². The van der Waals surface area contributed by atoms with Crippen LogP contribution in [-0.2, 0) is 4.79 Å². The number of anilines is 1. The van der Waals surface area contributed by atoms with Gasteiger partial charge in [0.1, 0.15) is 0 Å². The van der Waals surface area contributed by atoms with Gasteiger partial charge in [0.05, 0.1) is 0 Å². The summed E-state index contributed by atoms with van der Waals surface area (Å²) >= 11 is 0.836. The number of hydrogen-bond donors (Lipinski definition) is 1. The molecule has 2 rings (SSSR count). The highest BCUT2D eigenvalue weighted by Crippen LogP contribution is 2.26. The summed E-state index contributed by atoms with van der Waals surface area (Å²) in [5.41, 5.74) is 0.613. The SMILES string of the molecule is O=C(Nc1nnc(-c2cccnc2)s1)C(F)(F)F. The summed E-state index contributed by atoms with van der Waals surface area (Å²) in [7, 11) is 0. The molecular formula is C9H5F3N4OS. The molecule has 1 amide bonds. The molecule has 0 aliphatic rings. The van der Waals surface area contributed by atoms with Gasteiger partial charge in [-0.15, -0.1) is 10.2 Å². The Morgan fingerprint density at radius 3 is 2.72 bits per heavy atom. The Morgan fingerprint density at radius 1 is 1.33 bits per heavy atom. The fourth-order valence-electron chi connectivity index (χ4n) is 1.05. The minimum atomic E-state index is -4.94. The van der Waals surface area contributed by atoms with E-state index >= 15 is 0 Å². The van der Waals surface area contributed by atoms with Crippen molar-refractivity contribution in [3.63, 3.8) is 0 Å². The molecule has 0 saturated carbocycles. The summed E-state index contributed by atoms with van der Waals surface area (Å²) in [5, 5.41) is 8.92. The van der Waals surface area contributed by atoms with Gasteiger partial charge in [0.25, 0.3) is 0 Å². The lowest BCUT2D eigenvalue weighted by atomic mass is 10.3. The molecule has 2 aromatic heterocycles. The number of halogens is 3. The normalized spacial score (nSPS) is 11.3. The molecule has 0 atom stereocenters. The van der Waals surface area contributed by atoms with E-state index in [0.717, 1.165) is 11.3 Å². The lowest BCUT2D eigenvalue weighted by Gasteiger charge is -2.03. The van der Waals surface area contributed by atoms with E-state index in [0.29, 0.717) is 10.6 Å². The monoisotopic (exact) mass is 274 g/mol. The topological polar surface area (TPSA) is 67.8 Å². The van der Waals surface area contributed by atoms with Gasteiger partial charge in [-0.3, -0.25) is 15.1 Å². The van der Waals surface area contributed by atoms with E-state index in [1.54, 1.807) is 23.6 Å². The van der Waals surface area contributed by atoms with Gasteiger partial charge in [-0.25, -0.2) is 0 Å². The molecule has 18 heavy (non-hydrogen) atoms. The first-order valence-electron chi connectivity index (χ1n) is 4.59. The zero-order valence-electron chi connectivity index (χ0n) is 8.60. The zero-order chi connectivity index (χ0) is 13.2. The highest BCUT2D eigenvalue weighted by molar-refractivity contribution is 7.18. The molecule has 2 aromatic rings. The van der Waals surface area contributed by atoms with E-state index in [1.165, 1.54) is 6.20 Å². The van der Waals surface area contributed by atoms with Crippen molar-refractivity contribution >= 4 is 22.4 Å². The van der Waals surface area contributed by atoms with Crippen molar-refractivity contribution in [1.82, 2.24) is 15.2 Å². The fourth-order valence-corrected chi connectivity index (χ4v) is 1.78. The van der Waals surface area contributed by atoms with Crippen LogP contribution in [0.1, 0.15) is 0 Å². The van der Waals surface area contributed by atoms with Crippen molar-refractivity contribution in [2.75, 3.05) is 5.32 Å². The summed E-state index contributed by atoms with van der Waals surface area (Å²) in [6, 6.07) is 3.34. The maximum absolute atomic E-state index is 12.0. The first-order chi connectivity index (χ1) is 8.47. The third-order valence-electron chi connectivity index (χ3n) is 1.81. The number of nitrogens with one attached hydrogen (secondary N) is 1. The number of pyridine rings is 1. The van der Waals surface area contributed by atoms with Crippen LogP contribution in [0.25, 0.3) is 10.6 Å². The molecule has 0 aliphatic carbocycles. The van der Waals surface area contributed by atoms with E-state index in [9.17, 15) is 18.0 Å². The largest absolute Gasteiger partial charge is 0.471 e. The summed E-state index contributed by atoms with van der Waals surface area (Å²) < 4.78 is 36.0. The lowest BCUT2D eigenvalue weighted by molar-refractivity contribution is -0.167. The second-order valence-corrected chi connectivity index (χ2v) is 4.08. The summed E-state index contributed by atoms with van der Waals surface area (Å²) in [4.78, 5) is 14.5. The van der Waals surface area contributed by atoms with Gasteiger partial charge in [0.15, 0.2) is 5.01 Å². The Balaban J connectivity index is 2.15. The van der Waals surface area contributed by atoms with E-state index in [-0.39, 0.29) is 5.13 Å². The Kier molecular flexibility index (Phi) is 3.24. The predicted octanol–water partition coefficient (Wildman–Crippen LogP) is 2.10. The third-order valence-corrected chi connectivity index (χ3v) is 2.70. The van der Waals surface area contributed by atoms with Crippen LogP contribution in [0, 0.1) is 0 Å². The number of carbonyl (C=O) groups excluding carboxylic acids is 1. The molecule has 1 N–H and O–H groups in total. The number of amides is 1. The minimum absolute atomic E-state index is 0.212. The average molecular weight is 274 g/mol. The lowest BCUT2D eigenvalue weighted by Crippen LogP contribution is -2.29. The molecule has 9 heteroatoms. The van der Waals surface area contributed by atoms with Crippen LogP contribution in [0.3, 0.4) is 0 Å². The van der Waals surface area contributed by atoms with E-state index in [1.807, 2.05) is 0 Å². The van der Waals surface area contributed by atoms with Gasteiger partial charge in [-0.1, -0.05) is 11.3 Å². The Labute approximate surface area is 103 Å². The molecule has 0 unspecified atom stereocenters. The van der Waals surface area contributed by atoms with Crippen LogP contribution < -0.4 is 5.32 Å². The summed E-state index contributed by atoms with van der Waals surface area (Å²) in [5.74, 6) is -2.07. The first-order valence-corrected chi connectivity index (χ1v) is 5.40. The molecule has 0 bridgehead atoms. The van der Waals surface area contributed by atoms with Gasteiger partial charge in [0, 0.05) is 18.0 Å². The van der Waals surface area contributed by atoms with E-state index in [2.05, 4.69) is 15.2 Å². The maximum Gasteiger partial charge on any atom is 0.471 e. The predicted molar refractivity (Wildman–Crippen MR) is 57.8 cm³/mol. The van der Waals surface area contributed by atoms with Gasteiger partial charge in [-0.05, 0) is 12.1 Å². The second-order valence-electron chi connectivity index (χ2n) is 3.11. The number of carbonyl (C=O) groups is 1. The molecule has 0 aliphatic heterocycles. The molecule has 0 aromatic carbocycles. The van der Waals surface area contributed by atoms with Crippen LogP contribution in [0.2, 0.25) is 0 Å². The number of aromatic nitrogens is 3. The molecule has 2 heterocycles.